The summed E-state index contributed by atoms with van der Waals surface area (Å²) >= 11 is 1.54. The number of hydrogen-bond donors (Lipinski definition) is 1. The van der Waals surface area contributed by atoms with Crippen molar-refractivity contribution < 1.29 is 9.47 Å². The van der Waals surface area contributed by atoms with Crippen LogP contribution in [0.3, 0.4) is 0 Å². The second-order valence-electron chi connectivity index (χ2n) is 6.67. The topological polar surface area (TPSA) is 72.9 Å². The van der Waals surface area contributed by atoms with Crippen molar-refractivity contribution in [2.75, 3.05) is 7.11 Å². The molecule has 0 unspecified atom stereocenters. The lowest BCUT2D eigenvalue weighted by Gasteiger charge is -2.09. The number of ether oxygens (including phenoxy) is 2. The summed E-state index contributed by atoms with van der Waals surface area (Å²) in [5.41, 5.74) is 2.49. The number of H-pyrrole nitrogens is 1. The number of pyridine rings is 2. The summed E-state index contributed by atoms with van der Waals surface area (Å²) in [5, 5.41) is 0.882. The molecule has 0 spiro atoms. The van der Waals surface area contributed by atoms with Crippen LogP contribution in [0.5, 0.6) is 17.2 Å². The van der Waals surface area contributed by atoms with Gasteiger partial charge < -0.3 is 14.5 Å². The van der Waals surface area contributed by atoms with Crippen molar-refractivity contribution in [3.05, 3.63) is 85.2 Å². The quantitative estimate of drug-likeness (QED) is 0.360. The molecule has 1 N–H and O–H groups in total. The number of aromatic nitrogens is 4. The highest BCUT2D eigenvalue weighted by Gasteiger charge is 2.14. The summed E-state index contributed by atoms with van der Waals surface area (Å²) in [7, 11) is 1.64. The Balaban J connectivity index is 1.57. The number of fused-ring (bicyclic) bond motifs is 1. The first-order chi connectivity index (χ1) is 15.3. The average molecular weight is 427 g/mol. The number of hydrogen-bond acceptors (Lipinski definition) is 6. The van der Waals surface area contributed by atoms with Crippen LogP contribution < -0.4 is 9.47 Å². The number of benzene rings is 2. The summed E-state index contributed by atoms with van der Waals surface area (Å²) < 4.78 is 11.3. The predicted octanol–water partition coefficient (Wildman–Crippen LogP) is 5.97. The minimum absolute atomic E-state index is 0.701. The largest absolute Gasteiger partial charge is 0.497 e. The lowest BCUT2D eigenvalue weighted by Crippen LogP contribution is -1.88. The molecule has 2 aromatic carbocycles. The molecule has 3 heterocycles. The Morgan fingerprint density at radius 2 is 1.58 bits per heavy atom. The number of methoxy groups -OCH3 is 1. The van der Waals surface area contributed by atoms with Crippen LogP contribution >= 0.6 is 11.8 Å². The van der Waals surface area contributed by atoms with Gasteiger partial charge in [0.05, 0.1) is 12.6 Å². The molecule has 0 fully saturated rings. The van der Waals surface area contributed by atoms with Crippen LogP contribution in [-0.4, -0.2) is 27.0 Å². The number of imidazole rings is 1. The smallest absolute Gasteiger partial charge is 0.157 e. The van der Waals surface area contributed by atoms with E-state index in [0.717, 1.165) is 38.1 Å². The Hall–Kier alpha value is -3.84. The highest BCUT2D eigenvalue weighted by molar-refractivity contribution is 7.99. The van der Waals surface area contributed by atoms with Gasteiger partial charge in [0.25, 0.3) is 0 Å². The zero-order chi connectivity index (χ0) is 21.0. The van der Waals surface area contributed by atoms with Gasteiger partial charge >= 0.3 is 0 Å². The van der Waals surface area contributed by atoms with Gasteiger partial charge in [-0.3, -0.25) is 4.98 Å². The lowest BCUT2D eigenvalue weighted by molar-refractivity contribution is 0.413. The molecule has 0 aliphatic rings. The molecule has 3 aromatic heterocycles. The third-order valence-corrected chi connectivity index (χ3v) is 5.56. The number of rotatable bonds is 6. The third-order valence-electron chi connectivity index (χ3n) is 4.58. The van der Waals surface area contributed by atoms with Gasteiger partial charge in [-0.25, -0.2) is 9.97 Å². The predicted molar refractivity (Wildman–Crippen MR) is 121 cm³/mol. The summed E-state index contributed by atoms with van der Waals surface area (Å²) in [4.78, 5) is 18.0. The number of nitrogens with zero attached hydrogens (tertiary/aromatic N) is 3. The fourth-order valence-electron chi connectivity index (χ4n) is 3.12. The Kier molecular flexibility index (Phi) is 5.24. The van der Waals surface area contributed by atoms with Gasteiger partial charge in [0.1, 0.15) is 33.5 Å². The molecule has 0 bridgehead atoms. The molecule has 152 valence electrons. The lowest BCUT2D eigenvalue weighted by atomic mass is 10.3. The maximum absolute atomic E-state index is 6.13. The highest BCUT2D eigenvalue weighted by Crippen LogP contribution is 2.37. The maximum atomic E-state index is 6.13. The van der Waals surface area contributed by atoms with Crippen molar-refractivity contribution >= 4 is 22.8 Å². The summed E-state index contributed by atoms with van der Waals surface area (Å²) in [6, 6.07) is 23.0. The van der Waals surface area contributed by atoms with E-state index in [1.165, 1.54) is 0 Å². The SMILES string of the molecule is COc1ccc(Oc2cc(Sc3ccccn3)c3nc(-c4ccccn4)[nH]c3c2)cc1. The first-order valence-electron chi connectivity index (χ1n) is 9.64. The molecule has 5 aromatic rings. The van der Waals surface area contributed by atoms with Crippen molar-refractivity contribution in [1.29, 1.82) is 0 Å². The van der Waals surface area contributed by atoms with Crippen molar-refractivity contribution in [3.8, 4) is 28.8 Å². The first-order valence-corrected chi connectivity index (χ1v) is 10.5. The van der Waals surface area contributed by atoms with Crippen molar-refractivity contribution in [2.24, 2.45) is 0 Å². The highest BCUT2D eigenvalue weighted by atomic mass is 32.2. The van der Waals surface area contributed by atoms with Crippen molar-refractivity contribution in [1.82, 2.24) is 19.9 Å². The van der Waals surface area contributed by atoms with Gasteiger partial charge in [0.2, 0.25) is 0 Å². The molecule has 0 aliphatic carbocycles. The van der Waals surface area contributed by atoms with E-state index in [2.05, 4.69) is 15.0 Å². The van der Waals surface area contributed by atoms with Crippen LogP contribution in [0.1, 0.15) is 0 Å². The molecule has 0 saturated carbocycles. The van der Waals surface area contributed by atoms with Crippen LogP contribution in [0.25, 0.3) is 22.6 Å². The molecular formula is C24H18N4O2S. The zero-order valence-corrected chi connectivity index (χ0v) is 17.5. The molecule has 0 saturated heterocycles. The molecule has 0 atom stereocenters. The maximum Gasteiger partial charge on any atom is 0.157 e. The Labute approximate surface area is 183 Å². The standard InChI is InChI=1S/C24H18N4O2S/c1-29-16-8-10-17(11-9-16)30-18-14-20-23(21(15-18)31-22-7-3-5-13-26-22)28-24(27-20)19-6-2-4-12-25-19/h2-15H,1H3,(H,27,28). The Bertz CT molecular complexity index is 1310. The number of aromatic amines is 1. The van der Waals surface area contributed by atoms with Crippen LogP contribution in [0.2, 0.25) is 0 Å². The van der Waals surface area contributed by atoms with Crippen molar-refractivity contribution in [3.63, 3.8) is 0 Å². The van der Waals surface area contributed by atoms with Crippen LogP contribution in [0, 0.1) is 0 Å². The molecule has 0 aliphatic heterocycles. The van der Waals surface area contributed by atoms with Crippen LogP contribution in [0.15, 0.2) is 95.1 Å². The molecule has 7 heteroatoms. The van der Waals surface area contributed by atoms with Crippen LogP contribution in [0.4, 0.5) is 0 Å². The summed E-state index contributed by atoms with van der Waals surface area (Å²) in [6.45, 7) is 0. The van der Waals surface area contributed by atoms with E-state index in [0.29, 0.717) is 11.6 Å². The molecule has 6 nitrogen and oxygen atoms in total. The Morgan fingerprint density at radius 3 is 2.29 bits per heavy atom. The minimum atomic E-state index is 0.701. The molecular weight excluding hydrogens is 408 g/mol. The second kappa shape index (κ2) is 8.49. The van der Waals surface area contributed by atoms with Gasteiger partial charge in [0, 0.05) is 23.4 Å². The summed E-state index contributed by atoms with van der Waals surface area (Å²) in [5.74, 6) is 2.91. The zero-order valence-electron chi connectivity index (χ0n) is 16.6. The first kappa shape index (κ1) is 19.1. The van der Waals surface area contributed by atoms with Gasteiger partial charge in [0.15, 0.2) is 5.82 Å². The fourth-order valence-corrected chi connectivity index (χ4v) is 4.03. The van der Waals surface area contributed by atoms with E-state index >= 15 is 0 Å². The van der Waals surface area contributed by atoms with E-state index in [-0.39, 0.29) is 0 Å². The molecule has 0 radical (unpaired) electrons. The fraction of sp³-hybridized carbons (Fsp3) is 0.0417. The minimum Gasteiger partial charge on any atom is -0.497 e. The number of nitrogens with one attached hydrogen (secondary N) is 1. The molecule has 5 rings (SSSR count). The third kappa shape index (κ3) is 4.22. The van der Waals surface area contributed by atoms with Gasteiger partial charge in [-0.15, -0.1) is 0 Å². The van der Waals surface area contributed by atoms with Gasteiger partial charge in [-0.2, -0.15) is 0 Å². The van der Waals surface area contributed by atoms with E-state index < -0.39 is 0 Å². The normalized spacial score (nSPS) is 10.9. The van der Waals surface area contributed by atoms with E-state index in [4.69, 9.17) is 14.5 Å². The van der Waals surface area contributed by atoms with Crippen LogP contribution in [-0.2, 0) is 0 Å². The average Bonchev–Trinajstić information content (AvgIpc) is 3.25. The van der Waals surface area contributed by atoms with E-state index in [9.17, 15) is 0 Å². The van der Waals surface area contributed by atoms with E-state index in [1.54, 1.807) is 31.3 Å². The second-order valence-corrected chi connectivity index (χ2v) is 7.73. The van der Waals surface area contributed by atoms with Crippen molar-refractivity contribution in [2.45, 2.75) is 9.92 Å². The monoisotopic (exact) mass is 426 g/mol. The van der Waals surface area contributed by atoms with Gasteiger partial charge in [-0.05, 0) is 54.6 Å². The van der Waals surface area contributed by atoms with Gasteiger partial charge in [-0.1, -0.05) is 23.9 Å². The molecule has 0 amide bonds. The van der Waals surface area contributed by atoms with E-state index in [1.807, 2.05) is 72.8 Å². The summed E-state index contributed by atoms with van der Waals surface area (Å²) in [6.07, 6.45) is 3.53. The molecule has 31 heavy (non-hydrogen) atoms. The Morgan fingerprint density at radius 1 is 0.806 bits per heavy atom.